The average molecular weight is 380 g/mol. The number of likely N-dealkylation sites (tertiary alicyclic amines) is 1. The summed E-state index contributed by atoms with van der Waals surface area (Å²) in [6.07, 6.45) is 2.39. The van der Waals surface area contributed by atoms with Crippen LogP contribution in [0.1, 0.15) is 35.6 Å². The summed E-state index contributed by atoms with van der Waals surface area (Å²) in [5, 5.41) is 0. The molecule has 0 amide bonds. The van der Waals surface area contributed by atoms with Gasteiger partial charge in [-0.05, 0) is 63.9 Å². The Balaban J connectivity index is 1.36. The normalized spacial score (nSPS) is 17.8. The molecule has 3 aromatic rings. The molecule has 0 spiro atoms. The molecule has 0 aliphatic carbocycles. The molecular weight excluding hydrogens is 352 g/mol. The number of rotatable bonds is 6. The van der Waals surface area contributed by atoms with E-state index in [1.54, 1.807) is 0 Å². The fourth-order valence-corrected chi connectivity index (χ4v) is 3.80. The van der Waals surface area contributed by atoms with Crippen LogP contribution in [0.2, 0.25) is 0 Å². The molecule has 0 unspecified atom stereocenters. The third-order valence-corrected chi connectivity index (χ3v) is 5.39. The van der Waals surface area contributed by atoms with Crippen molar-refractivity contribution in [2.75, 3.05) is 19.7 Å². The first kappa shape index (κ1) is 18.8. The Morgan fingerprint density at radius 2 is 1.96 bits per heavy atom. The maximum atomic E-state index is 6.09. The van der Waals surface area contributed by atoms with Gasteiger partial charge in [0.1, 0.15) is 17.3 Å². The molecular formula is C23H28N2O3. The van der Waals surface area contributed by atoms with Crippen LogP contribution in [0.15, 0.2) is 45.2 Å². The van der Waals surface area contributed by atoms with E-state index >= 15 is 0 Å². The standard InChI is InChI=1S/C23H28N2O3/c1-16-7-4-5-9-21(16)26-15-19-8-6-12-25(13-19)14-20-18(3)28-23(24-20)22-11-10-17(2)27-22/h4-5,7,9-11,19H,6,8,12-15H2,1-3H3/t19-/m1/s1. The second-order valence-corrected chi connectivity index (χ2v) is 7.75. The molecule has 148 valence electrons. The van der Waals surface area contributed by atoms with Crippen LogP contribution < -0.4 is 4.74 Å². The van der Waals surface area contributed by atoms with Crippen LogP contribution in [0.5, 0.6) is 5.75 Å². The molecule has 1 fully saturated rings. The van der Waals surface area contributed by atoms with E-state index in [4.69, 9.17) is 13.6 Å². The van der Waals surface area contributed by atoms with E-state index in [1.165, 1.54) is 18.4 Å². The van der Waals surface area contributed by atoms with Gasteiger partial charge in [0.05, 0.1) is 12.3 Å². The number of hydrogen-bond acceptors (Lipinski definition) is 5. The van der Waals surface area contributed by atoms with Gasteiger partial charge in [-0.25, -0.2) is 4.98 Å². The average Bonchev–Trinajstić information content (AvgIpc) is 3.27. The molecule has 1 aliphatic heterocycles. The van der Waals surface area contributed by atoms with E-state index in [0.29, 0.717) is 17.6 Å². The Labute approximate surface area is 166 Å². The molecule has 0 N–H and O–H groups in total. The van der Waals surface area contributed by atoms with Gasteiger partial charge < -0.3 is 13.6 Å². The van der Waals surface area contributed by atoms with Gasteiger partial charge in [0.2, 0.25) is 0 Å². The highest BCUT2D eigenvalue weighted by molar-refractivity contribution is 5.45. The summed E-state index contributed by atoms with van der Waals surface area (Å²) in [7, 11) is 0. The van der Waals surface area contributed by atoms with Crippen LogP contribution in [-0.2, 0) is 6.54 Å². The molecule has 4 rings (SSSR count). The quantitative estimate of drug-likeness (QED) is 0.592. The van der Waals surface area contributed by atoms with Crippen molar-refractivity contribution in [1.82, 2.24) is 9.88 Å². The third kappa shape index (κ3) is 4.30. The van der Waals surface area contributed by atoms with Gasteiger partial charge in [-0.2, -0.15) is 0 Å². The van der Waals surface area contributed by atoms with Gasteiger partial charge in [0, 0.05) is 19.0 Å². The lowest BCUT2D eigenvalue weighted by molar-refractivity contribution is 0.123. The number of piperidine rings is 1. The zero-order valence-corrected chi connectivity index (χ0v) is 16.9. The minimum absolute atomic E-state index is 0.535. The number of ether oxygens (including phenoxy) is 1. The van der Waals surface area contributed by atoms with E-state index in [0.717, 1.165) is 49.2 Å². The third-order valence-electron chi connectivity index (χ3n) is 5.39. The van der Waals surface area contributed by atoms with Crippen LogP contribution in [0.4, 0.5) is 0 Å². The van der Waals surface area contributed by atoms with Crippen molar-refractivity contribution in [3.63, 3.8) is 0 Å². The van der Waals surface area contributed by atoms with Crippen molar-refractivity contribution in [2.24, 2.45) is 5.92 Å². The van der Waals surface area contributed by atoms with E-state index in [9.17, 15) is 0 Å². The Bertz CT molecular complexity index is 928. The highest BCUT2D eigenvalue weighted by Gasteiger charge is 2.23. The Kier molecular flexibility index (Phi) is 5.53. The molecule has 0 saturated carbocycles. The number of nitrogens with zero attached hydrogens (tertiary/aromatic N) is 2. The van der Waals surface area contributed by atoms with Crippen molar-refractivity contribution in [3.05, 3.63) is 59.2 Å². The Morgan fingerprint density at radius 3 is 2.75 bits per heavy atom. The highest BCUT2D eigenvalue weighted by Crippen LogP contribution is 2.26. The molecule has 1 aromatic carbocycles. The van der Waals surface area contributed by atoms with E-state index < -0.39 is 0 Å². The van der Waals surface area contributed by atoms with Gasteiger partial charge in [-0.1, -0.05) is 18.2 Å². The minimum atomic E-state index is 0.535. The maximum absolute atomic E-state index is 6.09. The number of para-hydroxylation sites is 1. The number of aromatic nitrogens is 1. The first-order valence-electron chi connectivity index (χ1n) is 10.0. The molecule has 5 heteroatoms. The predicted molar refractivity (Wildman–Crippen MR) is 108 cm³/mol. The molecule has 28 heavy (non-hydrogen) atoms. The second-order valence-electron chi connectivity index (χ2n) is 7.75. The first-order valence-corrected chi connectivity index (χ1v) is 10.0. The Hall–Kier alpha value is -2.53. The molecule has 1 aliphatic rings. The van der Waals surface area contributed by atoms with Gasteiger partial charge in [-0.3, -0.25) is 4.90 Å². The zero-order valence-electron chi connectivity index (χ0n) is 16.9. The molecule has 1 atom stereocenters. The van der Waals surface area contributed by atoms with Crippen LogP contribution in [0.3, 0.4) is 0 Å². The van der Waals surface area contributed by atoms with E-state index in [-0.39, 0.29) is 0 Å². The highest BCUT2D eigenvalue weighted by atomic mass is 16.5. The SMILES string of the molecule is Cc1ccc(-c2nc(CN3CCC[C@@H](COc4ccccc4C)C3)c(C)o2)o1. The summed E-state index contributed by atoms with van der Waals surface area (Å²) in [4.78, 5) is 7.14. The summed E-state index contributed by atoms with van der Waals surface area (Å²) in [5.41, 5.74) is 2.18. The monoisotopic (exact) mass is 380 g/mol. The fraction of sp³-hybridized carbons (Fsp3) is 0.435. The molecule has 5 nitrogen and oxygen atoms in total. The molecule has 2 aromatic heterocycles. The summed E-state index contributed by atoms with van der Waals surface area (Å²) in [6.45, 7) is 9.66. The van der Waals surface area contributed by atoms with Crippen molar-refractivity contribution in [1.29, 1.82) is 0 Å². The largest absolute Gasteiger partial charge is 0.493 e. The van der Waals surface area contributed by atoms with E-state index in [1.807, 2.05) is 44.2 Å². The van der Waals surface area contributed by atoms with Crippen LogP contribution >= 0.6 is 0 Å². The van der Waals surface area contributed by atoms with Crippen LogP contribution in [0, 0.1) is 26.7 Å². The lowest BCUT2D eigenvalue weighted by Crippen LogP contribution is -2.37. The van der Waals surface area contributed by atoms with Gasteiger partial charge in [-0.15, -0.1) is 0 Å². The van der Waals surface area contributed by atoms with Gasteiger partial charge in [0.25, 0.3) is 5.89 Å². The van der Waals surface area contributed by atoms with Crippen LogP contribution in [0.25, 0.3) is 11.7 Å². The molecule has 0 bridgehead atoms. The lowest BCUT2D eigenvalue weighted by Gasteiger charge is -2.32. The summed E-state index contributed by atoms with van der Waals surface area (Å²) >= 11 is 0. The zero-order chi connectivity index (χ0) is 19.5. The van der Waals surface area contributed by atoms with Crippen molar-refractivity contribution in [2.45, 2.75) is 40.2 Å². The Morgan fingerprint density at radius 1 is 1.11 bits per heavy atom. The van der Waals surface area contributed by atoms with Crippen molar-refractivity contribution >= 4 is 0 Å². The summed E-state index contributed by atoms with van der Waals surface area (Å²) in [6, 6.07) is 12.0. The summed E-state index contributed by atoms with van der Waals surface area (Å²) < 4.78 is 17.6. The molecule has 0 radical (unpaired) electrons. The first-order chi connectivity index (χ1) is 13.6. The smallest absolute Gasteiger partial charge is 0.263 e. The van der Waals surface area contributed by atoms with Crippen molar-refractivity contribution < 1.29 is 13.6 Å². The predicted octanol–water partition coefficient (Wildman–Crippen LogP) is 5.15. The minimum Gasteiger partial charge on any atom is -0.493 e. The number of benzene rings is 1. The van der Waals surface area contributed by atoms with Crippen LogP contribution in [-0.4, -0.2) is 29.6 Å². The maximum Gasteiger partial charge on any atom is 0.263 e. The van der Waals surface area contributed by atoms with E-state index in [2.05, 4.69) is 22.9 Å². The summed E-state index contributed by atoms with van der Waals surface area (Å²) in [5.74, 6) is 4.51. The van der Waals surface area contributed by atoms with Gasteiger partial charge >= 0.3 is 0 Å². The van der Waals surface area contributed by atoms with Gasteiger partial charge in [0.15, 0.2) is 5.76 Å². The number of aryl methyl sites for hydroxylation is 3. The number of furan rings is 1. The number of hydrogen-bond donors (Lipinski definition) is 0. The second kappa shape index (κ2) is 8.23. The topological polar surface area (TPSA) is 51.6 Å². The molecule has 3 heterocycles. The number of oxazole rings is 1. The molecule has 1 saturated heterocycles. The fourth-order valence-electron chi connectivity index (χ4n) is 3.80. The lowest BCUT2D eigenvalue weighted by atomic mass is 9.98. The van der Waals surface area contributed by atoms with Crippen molar-refractivity contribution in [3.8, 4) is 17.4 Å².